The van der Waals surface area contributed by atoms with E-state index in [0.29, 0.717) is 6.54 Å². The normalized spacial score (nSPS) is 15.1. The lowest BCUT2D eigenvalue weighted by Crippen LogP contribution is -2.46. The Kier molecular flexibility index (Phi) is 4.69. The zero-order valence-electron chi connectivity index (χ0n) is 7.66. The highest BCUT2D eigenvalue weighted by Crippen LogP contribution is 1.86. The van der Waals surface area contributed by atoms with Crippen molar-refractivity contribution < 1.29 is 8.42 Å². The van der Waals surface area contributed by atoms with Crippen LogP contribution < -0.4 is 15.2 Å². The van der Waals surface area contributed by atoms with Crippen LogP contribution in [0.1, 0.15) is 20.8 Å². The Morgan fingerprint density at radius 2 is 1.75 bits per heavy atom. The van der Waals surface area contributed by atoms with Crippen molar-refractivity contribution >= 4 is 10.2 Å². The molecular formula is C6H17N3O2S. The van der Waals surface area contributed by atoms with Gasteiger partial charge in [-0.15, -0.1) is 0 Å². The highest BCUT2D eigenvalue weighted by Gasteiger charge is 2.13. The van der Waals surface area contributed by atoms with Crippen LogP contribution in [0, 0.1) is 0 Å². The lowest BCUT2D eigenvalue weighted by molar-refractivity contribution is 0.538. The van der Waals surface area contributed by atoms with Crippen molar-refractivity contribution in [2.24, 2.45) is 5.73 Å². The Hall–Kier alpha value is -0.170. The maximum atomic E-state index is 11.1. The van der Waals surface area contributed by atoms with Crippen LogP contribution in [-0.2, 0) is 10.2 Å². The van der Waals surface area contributed by atoms with Crippen molar-refractivity contribution in [3.8, 4) is 0 Å². The fourth-order valence-electron chi connectivity index (χ4n) is 0.657. The van der Waals surface area contributed by atoms with E-state index < -0.39 is 10.2 Å². The highest BCUT2D eigenvalue weighted by molar-refractivity contribution is 7.87. The second-order valence-corrected chi connectivity index (χ2v) is 4.51. The first-order valence-corrected chi connectivity index (χ1v) is 5.35. The first kappa shape index (κ1) is 11.8. The van der Waals surface area contributed by atoms with Gasteiger partial charge < -0.3 is 5.73 Å². The first-order chi connectivity index (χ1) is 5.37. The summed E-state index contributed by atoms with van der Waals surface area (Å²) in [5.41, 5.74) is 5.26. The van der Waals surface area contributed by atoms with Crippen LogP contribution in [-0.4, -0.2) is 27.0 Å². The topological polar surface area (TPSA) is 84.2 Å². The van der Waals surface area contributed by atoms with Gasteiger partial charge in [-0.3, -0.25) is 0 Å². The van der Waals surface area contributed by atoms with Crippen LogP contribution in [0.3, 0.4) is 0 Å². The lowest BCUT2D eigenvalue weighted by atomic mass is 10.4. The van der Waals surface area contributed by atoms with Gasteiger partial charge in [0, 0.05) is 18.6 Å². The van der Waals surface area contributed by atoms with Crippen molar-refractivity contribution in [2.45, 2.75) is 32.9 Å². The number of hydrogen-bond acceptors (Lipinski definition) is 3. The monoisotopic (exact) mass is 195 g/mol. The molecule has 0 saturated heterocycles. The summed E-state index contributed by atoms with van der Waals surface area (Å²) in [4.78, 5) is 0. The van der Waals surface area contributed by atoms with Gasteiger partial charge in [-0.1, -0.05) is 0 Å². The Balaban J connectivity index is 4.05. The molecule has 0 aromatic rings. The Morgan fingerprint density at radius 3 is 2.08 bits per heavy atom. The van der Waals surface area contributed by atoms with Gasteiger partial charge in [0.15, 0.2) is 0 Å². The van der Waals surface area contributed by atoms with E-state index in [9.17, 15) is 8.42 Å². The molecule has 6 heteroatoms. The Labute approximate surface area is 73.9 Å². The molecule has 0 amide bonds. The molecule has 0 saturated carbocycles. The molecule has 74 valence electrons. The standard InChI is InChI=1S/C6H17N3O2S/c1-5(2)8-12(10,11)9-6(3)4-7/h5-6,8-9H,4,7H2,1-3H3. The quantitative estimate of drug-likeness (QED) is 0.535. The third-order valence-corrected chi connectivity index (χ3v) is 2.60. The third-order valence-electron chi connectivity index (χ3n) is 1.10. The predicted molar refractivity (Wildman–Crippen MR) is 48.8 cm³/mol. The molecule has 0 heterocycles. The van der Waals surface area contributed by atoms with Gasteiger partial charge in [0.1, 0.15) is 0 Å². The van der Waals surface area contributed by atoms with Gasteiger partial charge in [-0.2, -0.15) is 17.9 Å². The lowest BCUT2D eigenvalue weighted by Gasteiger charge is -2.14. The molecular weight excluding hydrogens is 178 g/mol. The molecule has 1 unspecified atom stereocenters. The fraction of sp³-hybridized carbons (Fsp3) is 1.00. The molecule has 4 N–H and O–H groups in total. The van der Waals surface area contributed by atoms with Gasteiger partial charge >= 0.3 is 0 Å². The van der Waals surface area contributed by atoms with Crippen LogP contribution in [0.5, 0.6) is 0 Å². The summed E-state index contributed by atoms with van der Waals surface area (Å²) in [5.74, 6) is 0. The molecule has 0 aliphatic heterocycles. The van der Waals surface area contributed by atoms with Gasteiger partial charge in [0.25, 0.3) is 10.2 Å². The molecule has 5 nitrogen and oxygen atoms in total. The fourth-order valence-corrected chi connectivity index (χ4v) is 1.97. The van der Waals surface area contributed by atoms with E-state index in [1.54, 1.807) is 20.8 Å². The van der Waals surface area contributed by atoms with E-state index in [0.717, 1.165) is 0 Å². The zero-order chi connectivity index (χ0) is 9.78. The summed E-state index contributed by atoms with van der Waals surface area (Å²) in [6, 6.07) is -0.339. The third kappa shape index (κ3) is 5.48. The van der Waals surface area contributed by atoms with Crippen LogP contribution in [0.2, 0.25) is 0 Å². The van der Waals surface area contributed by atoms with Gasteiger partial charge in [0.2, 0.25) is 0 Å². The summed E-state index contributed by atoms with van der Waals surface area (Å²) in [5, 5.41) is 0. The minimum Gasteiger partial charge on any atom is -0.329 e. The molecule has 0 aliphatic carbocycles. The van der Waals surface area contributed by atoms with Gasteiger partial charge in [0.05, 0.1) is 0 Å². The first-order valence-electron chi connectivity index (χ1n) is 3.87. The van der Waals surface area contributed by atoms with Crippen LogP contribution in [0.25, 0.3) is 0 Å². The molecule has 12 heavy (non-hydrogen) atoms. The van der Waals surface area contributed by atoms with Crippen molar-refractivity contribution in [3.63, 3.8) is 0 Å². The maximum absolute atomic E-state index is 11.1. The molecule has 0 aliphatic rings. The molecule has 0 spiro atoms. The molecule has 0 aromatic carbocycles. The molecule has 0 fully saturated rings. The molecule has 0 rings (SSSR count). The van der Waals surface area contributed by atoms with E-state index in [1.165, 1.54) is 0 Å². The summed E-state index contributed by atoms with van der Waals surface area (Å²) in [6.45, 7) is 5.51. The average Bonchev–Trinajstić information content (AvgIpc) is 1.83. The van der Waals surface area contributed by atoms with Crippen LogP contribution in [0.4, 0.5) is 0 Å². The molecule has 1 atom stereocenters. The number of hydrogen-bond donors (Lipinski definition) is 3. The van der Waals surface area contributed by atoms with E-state index in [2.05, 4.69) is 9.44 Å². The Morgan fingerprint density at radius 1 is 1.25 bits per heavy atom. The number of nitrogens with two attached hydrogens (primary N) is 1. The van der Waals surface area contributed by atoms with Gasteiger partial charge in [-0.05, 0) is 20.8 Å². The summed E-state index contributed by atoms with van der Waals surface area (Å²) >= 11 is 0. The minimum absolute atomic E-state index is 0.104. The van der Waals surface area contributed by atoms with Crippen LogP contribution >= 0.6 is 0 Å². The maximum Gasteiger partial charge on any atom is 0.277 e. The smallest absolute Gasteiger partial charge is 0.277 e. The zero-order valence-corrected chi connectivity index (χ0v) is 8.48. The van der Waals surface area contributed by atoms with Crippen molar-refractivity contribution in [1.82, 2.24) is 9.44 Å². The van der Waals surface area contributed by atoms with Crippen molar-refractivity contribution in [2.75, 3.05) is 6.54 Å². The minimum atomic E-state index is -3.37. The van der Waals surface area contributed by atoms with Gasteiger partial charge in [-0.25, -0.2) is 0 Å². The largest absolute Gasteiger partial charge is 0.329 e. The predicted octanol–water partition coefficient (Wildman–Crippen LogP) is -0.834. The summed E-state index contributed by atoms with van der Waals surface area (Å²) < 4.78 is 27.0. The van der Waals surface area contributed by atoms with Crippen LogP contribution in [0.15, 0.2) is 0 Å². The van der Waals surface area contributed by atoms with E-state index in [-0.39, 0.29) is 12.1 Å². The molecule has 0 aromatic heterocycles. The van der Waals surface area contributed by atoms with E-state index >= 15 is 0 Å². The van der Waals surface area contributed by atoms with E-state index in [4.69, 9.17) is 5.73 Å². The highest BCUT2D eigenvalue weighted by atomic mass is 32.2. The molecule has 0 bridgehead atoms. The van der Waals surface area contributed by atoms with E-state index in [1.807, 2.05) is 0 Å². The SMILES string of the molecule is CC(C)NS(=O)(=O)NC(C)CN. The number of rotatable bonds is 5. The van der Waals surface area contributed by atoms with Crippen molar-refractivity contribution in [1.29, 1.82) is 0 Å². The average molecular weight is 195 g/mol. The molecule has 0 radical (unpaired) electrons. The Bertz CT molecular complexity index is 213. The second kappa shape index (κ2) is 4.76. The number of nitrogens with one attached hydrogen (secondary N) is 2. The second-order valence-electron chi connectivity index (χ2n) is 3.03. The van der Waals surface area contributed by atoms with Crippen molar-refractivity contribution in [3.05, 3.63) is 0 Å². The summed E-state index contributed by atoms with van der Waals surface area (Å²) in [6.07, 6.45) is 0. The summed E-state index contributed by atoms with van der Waals surface area (Å²) in [7, 11) is -3.37.